The zero-order valence-corrected chi connectivity index (χ0v) is 14.9. The molecule has 1 aliphatic heterocycles. The maximum atomic E-state index is 13.4. The Morgan fingerprint density at radius 3 is 2.80 bits per heavy atom. The number of hydrogen-bond donors (Lipinski definition) is 0. The smallest absolute Gasteiger partial charge is 0.204 e. The van der Waals surface area contributed by atoms with Crippen LogP contribution in [0.3, 0.4) is 0 Å². The fourth-order valence-electron chi connectivity index (χ4n) is 2.63. The number of oxime groups is 1. The lowest BCUT2D eigenvalue weighted by Crippen LogP contribution is -2.26. The minimum absolute atomic E-state index is 0.0251. The van der Waals surface area contributed by atoms with Gasteiger partial charge in [-0.25, -0.2) is 12.8 Å². The monoisotopic (exact) mass is 364 g/mol. The van der Waals surface area contributed by atoms with E-state index in [1.807, 2.05) is 0 Å². The highest BCUT2D eigenvalue weighted by Gasteiger charge is 2.42. The average Bonchev–Trinajstić information content (AvgIpc) is 3.11. The summed E-state index contributed by atoms with van der Waals surface area (Å²) in [5.41, 5.74) is -0.298. The highest BCUT2D eigenvalue weighted by molar-refractivity contribution is 8.06. The van der Waals surface area contributed by atoms with Gasteiger partial charge in [-0.1, -0.05) is 10.3 Å². The minimum Gasteiger partial charge on any atom is -0.389 e. The summed E-state index contributed by atoms with van der Waals surface area (Å²) in [6.45, 7) is 5.14. The molecule has 132 valence electrons. The first kappa shape index (κ1) is 17.4. The van der Waals surface area contributed by atoms with Crippen LogP contribution in [-0.2, 0) is 14.7 Å². The standard InChI is InChI=1S/C17H17FN2O4S/c1-4-5-6-14(25(21,22)15-10-17(2,3)24-19-15)16-12-8-7-11(18)9-13(12)23-20-16/h7-9,14H,6,10H2,1-3H3. The Morgan fingerprint density at radius 2 is 2.16 bits per heavy atom. The van der Waals surface area contributed by atoms with Crippen molar-refractivity contribution in [2.45, 2.75) is 44.5 Å². The summed E-state index contributed by atoms with van der Waals surface area (Å²) in [4.78, 5) is 5.19. The summed E-state index contributed by atoms with van der Waals surface area (Å²) in [6, 6.07) is 3.85. The van der Waals surface area contributed by atoms with Gasteiger partial charge in [-0.05, 0) is 32.9 Å². The largest absolute Gasteiger partial charge is 0.389 e. The Balaban J connectivity index is 2.09. The minimum atomic E-state index is -3.86. The fraction of sp³-hybridized carbons (Fsp3) is 0.412. The van der Waals surface area contributed by atoms with Gasteiger partial charge in [-0.15, -0.1) is 11.8 Å². The van der Waals surface area contributed by atoms with Gasteiger partial charge in [0, 0.05) is 24.3 Å². The third-order valence-corrected chi connectivity index (χ3v) is 5.92. The summed E-state index contributed by atoms with van der Waals surface area (Å²) < 4.78 is 44.7. The van der Waals surface area contributed by atoms with E-state index in [-0.39, 0.29) is 29.2 Å². The van der Waals surface area contributed by atoms with Crippen LogP contribution in [0.15, 0.2) is 27.9 Å². The number of hydrogen-bond acceptors (Lipinski definition) is 6. The zero-order chi connectivity index (χ0) is 18.2. The number of fused-ring (bicyclic) bond motifs is 1. The third kappa shape index (κ3) is 3.24. The third-order valence-electron chi connectivity index (χ3n) is 3.91. The number of sulfone groups is 1. The van der Waals surface area contributed by atoms with Crippen molar-refractivity contribution >= 4 is 25.9 Å². The van der Waals surface area contributed by atoms with Crippen molar-refractivity contribution in [2.24, 2.45) is 5.16 Å². The second-order valence-corrected chi connectivity index (χ2v) is 8.52. The Labute approximate surface area is 144 Å². The Bertz CT molecular complexity index is 1010. The van der Waals surface area contributed by atoms with Crippen molar-refractivity contribution in [3.05, 3.63) is 29.7 Å². The van der Waals surface area contributed by atoms with E-state index in [0.29, 0.717) is 5.39 Å². The van der Waals surface area contributed by atoms with Crippen LogP contribution in [-0.4, -0.2) is 24.2 Å². The van der Waals surface area contributed by atoms with E-state index in [1.54, 1.807) is 20.8 Å². The molecule has 6 nitrogen and oxygen atoms in total. The molecule has 2 aromatic rings. The van der Waals surface area contributed by atoms with Crippen molar-refractivity contribution in [1.82, 2.24) is 5.16 Å². The Hall–Kier alpha value is -2.40. The highest BCUT2D eigenvalue weighted by Crippen LogP contribution is 2.36. The number of halogens is 1. The molecule has 0 spiro atoms. The maximum Gasteiger partial charge on any atom is 0.204 e. The molecule has 0 amide bonds. The second-order valence-electron chi connectivity index (χ2n) is 6.39. The van der Waals surface area contributed by atoms with E-state index in [1.165, 1.54) is 18.2 Å². The van der Waals surface area contributed by atoms with Crippen LogP contribution >= 0.6 is 0 Å². The van der Waals surface area contributed by atoms with Crippen LogP contribution in [0.4, 0.5) is 4.39 Å². The van der Waals surface area contributed by atoms with Gasteiger partial charge in [0.05, 0.1) is 0 Å². The highest BCUT2D eigenvalue weighted by atomic mass is 32.2. The van der Waals surface area contributed by atoms with Crippen molar-refractivity contribution in [3.63, 3.8) is 0 Å². The molecule has 3 rings (SSSR count). The van der Waals surface area contributed by atoms with Gasteiger partial charge in [-0.3, -0.25) is 0 Å². The quantitative estimate of drug-likeness (QED) is 0.780. The van der Waals surface area contributed by atoms with Crippen molar-refractivity contribution in [2.75, 3.05) is 0 Å². The fourth-order valence-corrected chi connectivity index (χ4v) is 4.42. The summed E-state index contributed by atoms with van der Waals surface area (Å²) in [5.74, 6) is 4.99. The summed E-state index contributed by atoms with van der Waals surface area (Å²) in [5, 5.41) is 6.96. The van der Waals surface area contributed by atoms with Gasteiger partial charge in [-0.2, -0.15) is 0 Å². The lowest BCUT2D eigenvalue weighted by atomic mass is 10.1. The van der Waals surface area contributed by atoms with Gasteiger partial charge in [0.25, 0.3) is 0 Å². The maximum absolute atomic E-state index is 13.4. The SMILES string of the molecule is CC#CCC(c1noc2cc(F)ccc12)S(=O)(=O)C1=NOC(C)(C)C1. The van der Waals surface area contributed by atoms with Crippen LogP contribution < -0.4 is 0 Å². The van der Waals surface area contributed by atoms with Gasteiger partial charge < -0.3 is 9.36 Å². The van der Waals surface area contributed by atoms with Crippen LogP contribution in [0, 0.1) is 17.7 Å². The molecule has 1 aromatic heterocycles. The molecule has 2 heterocycles. The molecule has 25 heavy (non-hydrogen) atoms. The lowest BCUT2D eigenvalue weighted by Gasteiger charge is -2.15. The molecule has 0 bridgehead atoms. The second kappa shape index (κ2) is 6.15. The van der Waals surface area contributed by atoms with Crippen LogP contribution in [0.5, 0.6) is 0 Å². The lowest BCUT2D eigenvalue weighted by molar-refractivity contribution is 0.0123. The van der Waals surface area contributed by atoms with E-state index in [2.05, 4.69) is 22.2 Å². The van der Waals surface area contributed by atoms with E-state index < -0.39 is 26.5 Å². The summed E-state index contributed by atoms with van der Waals surface area (Å²) in [6.07, 6.45) is 0.188. The van der Waals surface area contributed by atoms with Crippen molar-refractivity contribution in [1.29, 1.82) is 0 Å². The first-order valence-corrected chi connectivity index (χ1v) is 9.22. The molecule has 0 saturated heterocycles. The molecule has 0 fully saturated rings. The Morgan fingerprint density at radius 1 is 1.40 bits per heavy atom. The summed E-state index contributed by atoms with van der Waals surface area (Å²) >= 11 is 0. The molecule has 1 aliphatic rings. The topological polar surface area (TPSA) is 81.8 Å². The molecule has 0 saturated carbocycles. The molecular formula is C17H17FN2O4S. The zero-order valence-electron chi connectivity index (χ0n) is 14.0. The predicted octanol–water partition coefficient (Wildman–Crippen LogP) is 3.35. The summed E-state index contributed by atoms with van der Waals surface area (Å²) in [7, 11) is -3.86. The van der Waals surface area contributed by atoms with Gasteiger partial charge in [0.2, 0.25) is 9.84 Å². The van der Waals surface area contributed by atoms with E-state index in [9.17, 15) is 12.8 Å². The van der Waals surface area contributed by atoms with Crippen molar-refractivity contribution in [3.8, 4) is 11.8 Å². The van der Waals surface area contributed by atoms with Crippen LogP contribution in [0.2, 0.25) is 0 Å². The van der Waals surface area contributed by atoms with Crippen LogP contribution in [0.1, 0.15) is 44.6 Å². The first-order valence-electron chi connectivity index (χ1n) is 7.68. The number of aromatic nitrogens is 1. The Kier molecular flexibility index (Phi) is 4.29. The van der Waals surface area contributed by atoms with Crippen LogP contribution in [0.25, 0.3) is 11.0 Å². The molecule has 0 N–H and O–H groups in total. The number of nitrogens with zero attached hydrogens (tertiary/aromatic N) is 2. The van der Waals surface area contributed by atoms with Gasteiger partial charge >= 0.3 is 0 Å². The van der Waals surface area contributed by atoms with Gasteiger partial charge in [0.1, 0.15) is 22.4 Å². The molecule has 8 heteroatoms. The number of rotatable bonds is 3. The first-order chi connectivity index (χ1) is 11.7. The predicted molar refractivity (Wildman–Crippen MR) is 90.9 cm³/mol. The molecule has 1 unspecified atom stereocenters. The van der Waals surface area contributed by atoms with E-state index >= 15 is 0 Å². The van der Waals surface area contributed by atoms with E-state index in [0.717, 1.165) is 0 Å². The molecule has 0 radical (unpaired) electrons. The molecule has 1 atom stereocenters. The van der Waals surface area contributed by atoms with E-state index in [4.69, 9.17) is 9.36 Å². The molecule has 1 aromatic carbocycles. The molecular weight excluding hydrogens is 347 g/mol. The van der Waals surface area contributed by atoms with Crippen molar-refractivity contribution < 1.29 is 22.2 Å². The normalized spacial score (nSPS) is 17.5. The number of benzene rings is 1. The average molecular weight is 364 g/mol. The van der Waals surface area contributed by atoms with Gasteiger partial charge in [0.15, 0.2) is 10.6 Å². The molecule has 0 aliphatic carbocycles.